The molecule has 0 saturated carbocycles. The fraction of sp³-hybridized carbons (Fsp3) is 0.357. The number of carbonyl (C=O) groups excluding carboxylic acids is 1. The number of hydrogen-bond acceptors (Lipinski definition) is 2. The number of carbonyl (C=O) groups is 1. The Kier molecular flexibility index (Phi) is 5.39. The van der Waals surface area contributed by atoms with Gasteiger partial charge in [-0.25, -0.2) is 0 Å². The molecule has 0 heterocycles. The van der Waals surface area contributed by atoms with Gasteiger partial charge in [0.2, 0.25) is 0 Å². The van der Waals surface area contributed by atoms with Crippen molar-refractivity contribution in [2.75, 3.05) is 20.6 Å². The third kappa shape index (κ3) is 5.16. The van der Waals surface area contributed by atoms with Crippen molar-refractivity contribution in [3.05, 3.63) is 40.9 Å². The average molecular weight is 252 g/mol. The zero-order valence-electron chi connectivity index (χ0n) is 10.5. The highest BCUT2D eigenvalue weighted by Gasteiger charge is 2.10. The summed E-state index contributed by atoms with van der Waals surface area (Å²) >= 11 is 5.79. The van der Waals surface area contributed by atoms with Crippen LogP contribution in [-0.4, -0.2) is 31.3 Å². The van der Waals surface area contributed by atoms with Gasteiger partial charge in [-0.3, -0.25) is 4.79 Å². The van der Waals surface area contributed by atoms with Crippen LogP contribution < -0.4 is 0 Å². The summed E-state index contributed by atoms with van der Waals surface area (Å²) in [6.07, 6.45) is 3.46. The van der Waals surface area contributed by atoms with Crippen molar-refractivity contribution in [1.29, 1.82) is 0 Å². The predicted octanol–water partition coefficient (Wildman–Crippen LogP) is 3.12. The Labute approximate surface area is 108 Å². The van der Waals surface area contributed by atoms with Crippen LogP contribution in [0.4, 0.5) is 0 Å². The third-order valence-corrected chi connectivity index (χ3v) is 2.69. The van der Waals surface area contributed by atoms with Crippen molar-refractivity contribution < 1.29 is 4.79 Å². The van der Waals surface area contributed by atoms with E-state index in [0.717, 1.165) is 12.1 Å². The lowest BCUT2D eigenvalue weighted by Gasteiger charge is -2.13. The van der Waals surface area contributed by atoms with E-state index in [0.29, 0.717) is 5.02 Å². The van der Waals surface area contributed by atoms with Crippen molar-refractivity contribution in [2.24, 2.45) is 5.92 Å². The molecule has 17 heavy (non-hydrogen) atoms. The van der Waals surface area contributed by atoms with E-state index < -0.39 is 0 Å². The Morgan fingerprint density at radius 3 is 2.47 bits per heavy atom. The number of benzene rings is 1. The van der Waals surface area contributed by atoms with E-state index in [1.54, 1.807) is 6.08 Å². The van der Waals surface area contributed by atoms with Crippen molar-refractivity contribution >= 4 is 23.5 Å². The van der Waals surface area contributed by atoms with Gasteiger partial charge in [0, 0.05) is 17.5 Å². The molecule has 1 rings (SSSR count). The normalized spacial score (nSPS) is 13.2. The molecular formula is C14H18ClNO. The monoisotopic (exact) mass is 251 g/mol. The minimum atomic E-state index is 0.0218. The lowest BCUT2D eigenvalue weighted by Crippen LogP contribution is -2.24. The molecule has 0 spiro atoms. The van der Waals surface area contributed by atoms with Crippen molar-refractivity contribution in [3.8, 4) is 0 Å². The van der Waals surface area contributed by atoms with E-state index in [1.165, 1.54) is 0 Å². The summed E-state index contributed by atoms with van der Waals surface area (Å²) in [5.41, 5.74) is 0.986. The minimum Gasteiger partial charge on any atom is -0.309 e. The number of allylic oxidation sites excluding steroid dienone is 1. The lowest BCUT2D eigenvalue weighted by atomic mass is 10.0. The topological polar surface area (TPSA) is 20.3 Å². The number of halogens is 1. The molecule has 0 amide bonds. The van der Waals surface area contributed by atoms with Crippen LogP contribution in [0.15, 0.2) is 30.3 Å². The first-order valence-electron chi connectivity index (χ1n) is 5.61. The SMILES string of the molecule is C[C@H](CN(C)C)C(=O)/C=C/c1ccc(Cl)cc1. The maximum absolute atomic E-state index is 11.8. The fourth-order valence-electron chi connectivity index (χ4n) is 1.55. The van der Waals surface area contributed by atoms with Crippen LogP contribution in [0.1, 0.15) is 12.5 Å². The maximum Gasteiger partial charge on any atom is 0.159 e. The van der Waals surface area contributed by atoms with Gasteiger partial charge >= 0.3 is 0 Å². The maximum atomic E-state index is 11.8. The van der Waals surface area contributed by atoms with E-state index >= 15 is 0 Å². The van der Waals surface area contributed by atoms with Crippen LogP contribution in [0.3, 0.4) is 0 Å². The van der Waals surface area contributed by atoms with Gasteiger partial charge in [-0.1, -0.05) is 36.7 Å². The number of ketones is 1. The van der Waals surface area contributed by atoms with Crippen LogP contribution in [0.25, 0.3) is 6.08 Å². The fourth-order valence-corrected chi connectivity index (χ4v) is 1.68. The zero-order chi connectivity index (χ0) is 12.8. The summed E-state index contributed by atoms with van der Waals surface area (Å²) < 4.78 is 0. The van der Waals surface area contributed by atoms with Crippen molar-refractivity contribution in [3.63, 3.8) is 0 Å². The minimum absolute atomic E-state index is 0.0218. The van der Waals surface area contributed by atoms with E-state index in [2.05, 4.69) is 0 Å². The van der Waals surface area contributed by atoms with Crippen LogP contribution in [0.2, 0.25) is 5.02 Å². The molecule has 1 atom stereocenters. The molecule has 92 valence electrons. The molecule has 0 aromatic heterocycles. The quantitative estimate of drug-likeness (QED) is 0.750. The van der Waals surface area contributed by atoms with Crippen molar-refractivity contribution in [2.45, 2.75) is 6.92 Å². The average Bonchev–Trinajstić information content (AvgIpc) is 2.27. The van der Waals surface area contributed by atoms with E-state index in [4.69, 9.17) is 11.6 Å². The summed E-state index contributed by atoms with van der Waals surface area (Å²) in [6.45, 7) is 2.71. The van der Waals surface area contributed by atoms with E-state index in [9.17, 15) is 4.79 Å². The smallest absolute Gasteiger partial charge is 0.159 e. The second kappa shape index (κ2) is 6.58. The molecule has 0 saturated heterocycles. The van der Waals surface area contributed by atoms with E-state index in [-0.39, 0.29) is 11.7 Å². The summed E-state index contributed by atoms with van der Waals surface area (Å²) in [5.74, 6) is 0.169. The summed E-state index contributed by atoms with van der Waals surface area (Å²) in [5, 5.41) is 0.703. The highest BCUT2D eigenvalue weighted by Crippen LogP contribution is 2.11. The third-order valence-electron chi connectivity index (χ3n) is 2.43. The largest absolute Gasteiger partial charge is 0.309 e. The molecule has 1 aromatic rings. The Morgan fingerprint density at radius 1 is 1.35 bits per heavy atom. The Bertz CT molecular complexity index is 395. The molecule has 0 N–H and O–H groups in total. The Hall–Kier alpha value is -1.12. The van der Waals surface area contributed by atoms with Crippen LogP contribution in [-0.2, 0) is 4.79 Å². The van der Waals surface area contributed by atoms with Gasteiger partial charge < -0.3 is 4.90 Å². The molecule has 0 bridgehead atoms. The molecule has 2 nitrogen and oxygen atoms in total. The predicted molar refractivity (Wildman–Crippen MR) is 73.2 cm³/mol. The first-order chi connectivity index (χ1) is 7.99. The van der Waals surface area contributed by atoms with Gasteiger partial charge in [0.1, 0.15) is 0 Å². The van der Waals surface area contributed by atoms with Gasteiger partial charge in [0.15, 0.2) is 5.78 Å². The molecule has 0 aliphatic carbocycles. The molecule has 1 aromatic carbocycles. The zero-order valence-corrected chi connectivity index (χ0v) is 11.2. The molecule has 0 aliphatic rings. The van der Waals surface area contributed by atoms with Gasteiger partial charge in [-0.2, -0.15) is 0 Å². The summed E-state index contributed by atoms with van der Waals surface area (Å²) in [7, 11) is 3.93. The summed E-state index contributed by atoms with van der Waals surface area (Å²) in [6, 6.07) is 7.41. The molecule has 0 fully saturated rings. The second-order valence-electron chi connectivity index (χ2n) is 4.45. The number of nitrogens with zero attached hydrogens (tertiary/aromatic N) is 1. The molecule has 0 radical (unpaired) electrons. The first kappa shape index (κ1) is 13.9. The molecule has 3 heteroatoms. The van der Waals surface area contributed by atoms with Gasteiger partial charge in [-0.15, -0.1) is 0 Å². The highest BCUT2D eigenvalue weighted by molar-refractivity contribution is 6.30. The van der Waals surface area contributed by atoms with Gasteiger partial charge in [0.05, 0.1) is 0 Å². The van der Waals surface area contributed by atoms with Crippen LogP contribution in [0, 0.1) is 5.92 Å². The van der Waals surface area contributed by atoms with Crippen molar-refractivity contribution in [1.82, 2.24) is 4.90 Å². The second-order valence-corrected chi connectivity index (χ2v) is 4.89. The summed E-state index contributed by atoms with van der Waals surface area (Å²) in [4.78, 5) is 13.8. The van der Waals surface area contributed by atoms with Crippen LogP contribution in [0.5, 0.6) is 0 Å². The highest BCUT2D eigenvalue weighted by atomic mass is 35.5. The molecule has 0 aliphatic heterocycles. The van der Waals surface area contributed by atoms with Crippen LogP contribution >= 0.6 is 11.6 Å². The molecule has 0 unspecified atom stereocenters. The van der Waals surface area contributed by atoms with E-state index in [1.807, 2.05) is 56.3 Å². The molecular weight excluding hydrogens is 234 g/mol. The lowest BCUT2D eigenvalue weighted by molar-refractivity contribution is -0.118. The number of rotatable bonds is 5. The van der Waals surface area contributed by atoms with Gasteiger partial charge in [-0.05, 0) is 37.9 Å². The Balaban J connectivity index is 2.58. The Morgan fingerprint density at radius 2 is 1.94 bits per heavy atom. The first-order valence-corrected chi connectivity index (χ1v) is 5.99. The standard InChI is InChI=1S/C14H18ClNO/c1-11(10-16(2)3)14(17)9-6-12-4-7-13(15)8-5-12/h4-9,11H,10H2,1-3H3/b9-6+/t11-/m1/s1. The number of hydrogen-bond donors (Lipinski definition) is 0. The van der Waals surface area contributed by atoms with Gasteiger partial charge in [0.25, 0.3) is 0 Å².